The number of carbonyl (C=O) groups excluding carboxylic acids is 1. The van der Waals surface area contributed by atoms with E-state index in [0.29, 0.717) is 5.39 Å². The molecule has 6 heteroatoms. The van der Waals surface area contributed by atoms with E-state index in [2.05, 4.69) is 4.98 Å². The molecule has 1 unspecified atom stereocenters. The number of benzene rings is 1. The number of para-hydroxylation sites is 1. The summed E-state index contributed by atoms with van der Waals surface area (Å²) < 4.78 is 13.4. The molecule has 0 fully saturated rings. The zero-order valence-corrected chi connectivity index (χ0v) is 8.61. The van der Waals surface area contributed by atoms with Gasteiger partial charge in [-0.15, -0.1) is 0 Å². The van der Waals surface area contributed by atoms with Gasteiger partial charge < -0.3 is 15.8 Å². The Balaban J connectivity index is 2.67. The van der Waals surface area contributed by atoms with E-state index < -0.39 is 23.6 Å². The second kappa shape index (κ2) is 3.89. The van der Waals surface area contributed by atoms with Crippen molar-refractivity contribution in [1.29, 1.82) is 0 Å². The van der Waals surface area contributed by atoms with Gasteiger partial charge in [0.15, 0.2) is 5.92 Å². The van der Waals surface area contributed by atoms with Gasteiger partial charge in [-0.1, -0.05) is 12.1 Å². The van der Waals surface area contributed by atoms with Crippen molar-refractivity contribution in [2.24, 2.45) is 5.73 Å². The third kappa shape index (κ3) is 1.73. The molecule has 2 rings (SSSR count). The van der Waals surface area contributed by atoms with E-state index in [4.69, 9.17) is 10.8 Å². The maximum atomic E-state index is 13.4. The quantitative estimate of drug-likeness (QED) is 0.692. The molecule has 17 heavy (non-hydrogen) atoms. The lowest BCUT2D eigenvalue weighted by atomic mass is 9.98. The lowest BCUT2D eigenvalue weighted by Gasteiger charge is -2.06. The topological polar surface area (TPSA) is 96.2 Å². The maximum absolute atomic E-state index is 13.4. The number of H-pyrrole nitrogens is 1. The van der Waals surface area contributed by atoms with Crippen molar-refractivity contribution in [3.8, 4) is 0 Å². The van der Waals surface area contributed by atoms with E-state index in [1.54, 1.807) is 0 Å². The number of primary amides is 1. The summed E-state index contributed by atoms with van der Waals surface area (Å²) in [5, 5.41) is 9.28. The predicted molar refractivity (Wildman–Crippen MR) is 57.8 cm³/mol. The standard InChI is InChI=1S/C11H9FN2O3/c12-7-3-1-2-5-6(4-14-9(5)7)8(10(13)15)11(16)17/h1-4,8,14H,(H2,13,15)(H,16,17). The van der Waals surface area contributed by atoms with Crippen molar-refractivity contribution < 1.29 is 19.1 Å². The van der Waals surface area contributed by atoms with Crippen LogP contribution in [0.15, 0.2) is 24.4 Å². The fourth-order valence-electron chi connectivity index (χ4n) is 1.79. The van der Waals surface area contributed by atoms with Crippen LogP contribution in [0.3, 0.4) is 0 Å². The number of hydrogen-bond acceptors (Lipinski definition) is 2. The molecule has 1 heterocycles. The van der Waals surface area contributed by atoms with Crippen molar-refractivity contribution >= 4 is 22.8 Å². The molecule has 2 aromatic rings. The lowest BCUT2D eigenvalue weighted by molar-refractivity contribution is -0.142. The molecule has 0 spiro atoms. The summed E-state index contributed by atoms with van der Waals surface area (Å²) in [5.74, 6) is -4.33. The average Bonchev–Trinajstić information content (AvgIpc) is 2.63. The molecule has 0 aliphatic rings. The number of nitrogens with two attached hydrogens (primary N) is 1. The molecular formula is C11H9FN2O3. The van der Waals surface area contributed by atoms with E-state index in [9.17, 15) is 14.0 Å². The molecule has 0 aliphatic carbocycles. The Kier molecular flexibility index (Phi) is 2.55. The van der Waals surface area contributed by atoms with Gasteiger partial charge in [0.05, 0.1) is 5.52 Å². The first-order valence-corrected chi connectivity index (χ1v) is 4.80. The summed E-state index contributed by atoms with van der Waals surface area (Å²) in [6.45, 7) is 0. The Morgan fingerprint density at radius 2 is 2.12 bits per heavy atom. The van der Waals surface area contributed by atoms with Gasteiger partial charge in [0.1, 0.15) is 5.82 Å². The number of aromatic amines is 1. The fourth-order valence-corrected chi connectivity index (χ4v) is 1.79. The van der Waals surface area contributed by atoms with Crippen molar-refractivity contribution in [2.75, 3.05) is 0 Å². The average molecular weight is 236 g/mol. The molecule has 0 saturated carbocycles. The van der Waals surface area contributed by atoms with Gasteiger partial charge in [0.25, 0.3) is 0 Å². The van der Waals surface area contributed by atoms with Crippen LogP contribution in [0.25, 0.3) is 10.9 Å². The zero-order valence-electron chi connectivity index (χ0n) is 8.61. The third-order valence-electron chi connectivity index (χ3n) is 2.54. The number of carbonyl (C=O) groups is 2. The number of hydrogen-bond donors (Lipinski definition) is 3. The molecule has 1 amide bonds. The molecule has 4 N–H and O–H groups in total. The molecule has 88 valence electrons. The third-order valence-corrected chi connectivity index (χ3v) is 2.54. The maximum Gasteiger partial charge on any atom is 0.320 e. The highest BCUT2D eigenvalue weighted by molar-refractivity contribution is 6.05. The smallest absolute Gasteiger partial charge is 0.320 e. The van der Waals surface area contributed by atoms with Crippen LogP contribution in [0, 0.1) is 5.82 Å². The van der Waals surface area contributed by atoms with Crippen LogP contribution in [0.4, 0.5) is 4.39 Å². The molecule has 0 radical (unpaired) electrons. The minimum absolute atomic E-state index is 0.162. The molecule has 0 saturated heterocycles. The van der Waals surface area contributed by atoms with Crippen molar-refractivity contribution in [2.45, 2.75) is 5.92 Å². The number of carboxylic acids is 1. The number of nitrogens with one attached hydrogen (secondary N) is 1. The first-order chi connectivity index (χ1) is 8.02. The number of halogens is 1. The molecule has 0 aliphatic heterocycles. The number of carboxylic acid groups (broad SMARTS) is 1. The minimum atomic E-state index is -1.48. The Morgan fingerprint density at radius 3 is 2.71 bits per heavy atom. The number of aromatic nitrogens is 1. The number of amides is 1. The number of fused-ring (bicyclic) bond motifs is 1. The Morgan fingerprint density at radius 1 is 1.41 bits per heavy atom. The lowest BCUT2D eigenvalue weighted by Crippen LogP contribution is -2.27. The van der Waals surface area contributed by atoms with Crippen LogP contribution in [0.2, 0.25) is 0 Å². The molecule has 0 bridgehead atoms. The van der Waals surface area contributed by atoms with Crippen molar-refractivity contribution in [3.05, 3.63) is 35.8 Å². The monoisotopic (exact) mass is 236 g/mol. The number of rotatable bonds is 3. The van der Waals surface area contributed by atoms with Crippen molar-refractivity contribution in [1.82, 2.24) is 4.98 Å². The molecule has 1 atom stereocenters. The highest BCUT2D eigenvalue weighted by atomic mass is 19.1. The molecular weight excluding hydrogens is 227 g/mol. The van der Waals surface area contributed by atoms with Crippen LogP contribution >= 0.6 is 0 Å². The van der Waals surface area contributed by atoms with E-state index >= 15 is 0 Å². The van der Waals surface area contributed by atoms with Gasteiger partial charge in [0, 0.05) is 17.1 Å². The summed E-state index contributed by atoms with van der Waals surface area (Å²) in [7, 11) is 0. The van der Waals surface area contributed by atoms with Crippen LogP contribution in [-0.4, -0.2) is 22.0 Å². The van der Waals surface area contributed by atoms with E-state index in [1.807, 2.05) is 0 Å². The summed E-state index contributed by atoms with van der Waals surface area (Å²) >= 11 is 0. The van der Waals surface area contributed by atoms with E-state index in [0.717, 1.165) is 0 Å². The Hall–Kier alpha value is -2.37. The van der Waals surface area contributed by atoms with Gasteiger partial charge in [-0.3, -0.25) is 9.59 Å². The molecule has 5 nitrogen and oxygen atoms in total. The SMILES string of the molecule is NC(=O)C(C(=O)O)c1c[nH]c2c(F)cccc12. The second-order valence-corrected chi connectivity index (χ2v) is 3.58. The normalized spacial score (nSPS) is 12.5. The predicted octanol–water partition coefficient (Wildman–Crippen LogP) is 0.960. The van der Waals surface area contributed by atoms with Gasteiger partial charge in [-0.2, -0.15) is 0 Å². The summed E-state index contributed by atoms with van der Waals surface area (Å²) in [4.78, 5) is 24.7. The minimum Gasteiger partial charge on any atom is -0.480 e. The van der Waals surface area contributed by atoms with Gasteiger partial charge in [-0.25, -0.2) is 4.39 Å². The van der Waals surface area contributed by atoms with Crippen LogP contribution < -0.4 is 5.73 Å². The first-order valence-electron chi connectivity index (χ1n) is 4.80. The van der Waals surface area contributed by atoms with Crippen molar-refractivity contribution in [3.63, 3.8) is 0 Å². The largest absolute Gasteiger partial charge is 0.480 e. The Bertz CT molecular complexity index is 592. The zero-order chi connectivity index (χ0) is 12.6. The van der Waals surface area contributed by atoms with Gasteiger partial charge in [0.2, 0.25) is 5.91 Å². The highest BCUT2D eigenvalue weighted by Crippen LogP contribution is 2.27. The number of aliphatic carboxylic acids is 1. The summed E-state index contributed by atoms with van der Waals surface area (Å²) in [6, 6.07) is 4.21. The molecule has 1 aromatic heterocycles. The summed E-state index contributed by atoms with van der Waals surface area (Å²) in [5.41, 5.74) is 5.36. The Labute approximate surface area is 95.0 Å². The van der Waals surface area contributed by atoms with Crippen LogP contribution in [0.5, 0.6) is 0 Å². The van der Waals surface area contributed by atoms with Crippen LogP contribution in [-0.2, 0) is 9.59 Å². The van der Waals surface area contributed by atoms with Gasteiger partial charge >= 0.3 is 5.97 Å². The molecule has 1 aromatic carbocycles. The highest BCUT2D eigenvalue weighted by Gasteiger charge is 2.28. The summed E-state index contributed by atoms with van der Waals surface area (Å²) in [6.07, 6.45) is 1.29. The second-order valence-electron chi connectivity index (χ2n) is 3.58. The van der Waals surface area contributed by atoms with Crippen LogP contribution in [0.1, 0.15) is 11.5 Å². The van der Waals surface area contributed by atoms with E-state index in [-0.39, 0.29) is 11.1 Å². The fraction of sp³-hybridized carbons (Fsp3) is 0.0909. The first kappa shape index (κ1) is 11.1. The van der Waals surface area contributed by atoms with E-state index in [1.165, 1.54) is 24.4 Å². The van der Waals surface area contributed by atoms with Gasteiger partial charge in [-0.05, 0) is 6.07 Å².